The second-order valence-corrected chi connectivity index (χ2v) is 8.60. The number of carbonyl (C=O) groups excluding carboxylic acids is 1. The van der Waals surface area contributed by atoms with E-state index in [1.165, 1.54) is 0 Å². The highest BCUT2D eigenvalue weighted by Crippen LogP contribution is 2.47. The van der Waals surface area contributed by atoms with Gasteiger partial charge in [0.15, 0.2) is 5.17 Å². The Hall–Kier alpha value is -1.89. The van der Waals surface area contributed by atoms with Crippen molar-refractivity contribution >= 4 is 28.7 Å². The molecule has 0 bridgehead atoms. The van der Waals surface area contributed by atoms with Crippen molar-refractivity contribution in [1.82, 2.24) is 5.32 Å². The molecule has 6 nitrogen and oxygen atoms in total. The van der Waals surface area contributed by atoms with Crippen LogP contribution in [0, 0.1) is 5.92 Å². The summed E-state index contributed by atoms with van der Waals surface area (Å²) in [5.74, 6) is 1.97. The first kappa shape index (κ1) is 17.9. The third kappa shape index (κ3) is 3.86. The molecule has 7 heteroatoms. The van der Waals surface area contributed by atoms with Crippen molar-refractivity contribution in [2.75, 3.05) is 18.1 Å². The Labute approximate surface area is 152 Å². The molecule has 0 saturated heterocycles. The first-order chi connectivity index (χ1) is 11.7. The molecule has 2 unspecified atom stereocenters. The van der Waals surface area contributed by atoms with E-state index in [2.05, 4.69) is 12.2 Å². The number of amides is 1. The molecule has 0 saturated carbocycles. The molecule has 2 atom stereocenters. The number of fused-ring (bicyclic) bond motifs is 3. The summed E-state index contributed by atoms with van der Waals surface area (Å²) in [4.78, 5) is 17.0. The fourth-order valence-corrected chi connectivity index (χ4v) is 4.42. The summed E-state index contributed by atoms with van der Waals surface area (Å²) in [5.41, 5.74) is 6.61. The summed E-state index contributed by atoms with van der Waals surface area (Å²) in [6.07, 6.45) is 0.417. The van der Waals surface area contributed by atoms with Crippen LogP contribution in [-0.4, -0.2) is 29.2 Å². The van der Waals surface area contributed by atoms with Crippen molar-refractivity contribution in [3.63, 3.8) is 0 Å². The topological polar surface area (TPSA) is 85.9 Å². The first-order valence-corrected chi connectivity index (χ1v) is 9.41. The molecule has 3 N–H and O–H groups in total. The van der Waals surface area contributed by atoms with E-state index < -0.39 is 17.2 Å². The number of nitrogen functional groups attached to an aromatic ring is 1. The Bertz CT molecular complexity index is 714. The Balaban J connectivity index is 1.92. The number of nitrogens with two attached hydrogens (primary N) is 1. The van der Waals surface area contributed by atoms with Crippen molar-refractivity contribution in [3.8, 4) is 5.75 Å². The third-order valence-corrected chi connectivity index (χ3v) is 5.47. The SMILES string of the molecule is CC(C)(C)OC(=O)NC1=NC2(C)c3cc(N)ccc3OCCC2CS1. The zero-order valence-corrected chi connectivity index (χ0v) is 15.9. The molecule has 2 heterocycles. The zero-order valence-electron chi connectivity index (χ0n) is 15.1. The number of carbonyl (C=O) groups is 1. The minimum atomic E-state index is -0.548. The van der Waals surface area contributed by atoms with Gasteiger partial charge in [0, 0.05) is 22.9 Å². The van der Waals surface area contributed by atoms with Gasteiger partial charge in [0.1, 0.15) is 11.4 Å². The van der Waals surface area contributed by atoms with Crippen LogP contribution in [0.4, 0.5) is 10.5 Å². The molecular weight excluding hydrogens is 338 g/mol. The molecule has 0 radical (unpaired) electrons. The number of thioether (sulfide) groups is 1. The van der Waals surface area contributed by atoms with E-state index in [9.17, 15) is 4.79 Å². The van der Waals surface area contributed by atoms with Crippen molar-refractivity contribution in [1.29, 1.82) is 0 Å². The van der Waals surface area contributed by atoms with Crippen LogP contribution in [0.5, 0.6) is 5.75 Å². The van der Waals surface area contributed by atoms with Crippen LogP contribution >= 0.6 is 11.8 Å². The van der Waals surface area contributed by atoms with Gasteiger partial charge in [0.25, 0.3) is 0 Å². The number of nitrogens with one attached hydrogen (secondary N) is 1. The molecule has 2 aliphatic rings. The number of anilines is 1. The van der Waals surface area contributed by atoms with Crippen molar-refractivity contribution < 1.29 is 14.3 Å². The van der Waals surface area contributed by atoms with Crippen molar-refractivity contribution in [2.24, 2.45) is 10.9 Å². The Morgan fingerprint density at radius 3 is 2.96 bits per heavy atom. The normalized spacial score (nSPS) is 25.6. The second-order valence-electron chi connectivity index (χ2n) is 7.59. The average molecular weight is 363 g/mol. The first-order valence-electron chi connectivity index (χ1n) is 8.43. The van der Waals surface area contributed by atoms with Crippen LogP contribution < -0.4 is 15.8 Å². The number of hydrogen-bond donors (Lipinski definition) is 2. The molecule has 0 aliphatic carbocycles. The van der Waals surface area contributed by atoms with Crippen LogP contribution in [0.1, 0.15) is 39.7 Å². The Kier molecular flexibility index (Phi) is 4.62. The zero-order chi connectivity index (χ0) is 18.2. The van der Waals surface area contributed by atoms with Gasteiger partial charge in [-0.05, 0) is 52.3 Å². The molecule has 1 amide bonds. The average Bonchev–Trinajstić information content (AvgIpc) is 2.61. The van der Waals surface area contributed by atoms with E-state index >= 15 is 0 Å². The van der Waals surface area contributed by atoms with Gasteiger partial charge in [-0.15, -0.1) is 0 Å². The van der Waals surface area contributed by atoms with Crippen LogP contribution in [0.3, 0.4) is 0 Å². The maximum absolute atomic E-state index is 12.1. The third-order valence-electron chi connectivity index (χ3n) is 4.43. The fourth-order valence-electron chi connectivity index (χ4n) is 3.16. The predicted molar refractivity (Wildman–Crippen MR) is 101 cm³/mol. The van der Waals surface area contributed by atoms with E-state index in [0.717, 1.165) is 23.5 Å². The highest BCUT2D eigenvalue weighted by atomic mass is 32.2. The standard InChI is InChI=1S/C18H25N3O3S/c1-17(2,3)24-16(22)20-15-21-18(4)11(10-25-15)7-8-23-14-6-5-12(19)9-13(14)18/h5-6,9,11H,7-8,10,19H2,1-4H3,(H,20,21,22). The number of hydrogen-bond acceptors (Lipinski definition) is 6. The largest absolute Gasteiger partial charge is 0.493 e. The molecule has 3 rings (SSSR count). The lowest BCUT2D eigenvalue weighted by molar-refractivity contribution is 0.0564. The van der Waals surface area contributed by atoms with Gasteiger partial charge in [-0.2, -0.15) is 0 Å². The van der Waals surface area contributed by atoms with Crippen LogP contribution in [0.25, 0.3) is 0 Å². The van der Waals surface area contributed by atoms with Gasteiger partial charge in [-0.1, -0.05) is 11.8 Å². The van der Waals surface area contributed by atoms with E-state index in [1.807, 2.05) is 39.0 Å². The molecule has 25 heavy (non-hydrogen) atoms. The van der Waals surface area contributed by atoms with Crippen molar-refractivity contribution in [2.45, 2.75) is 45.3 Å². The predicted octanol–water partition coefficient (Wildman–Crippen LogP) is 3.51. The highest BCUT2D eigenvalue weighted by Gasteiger charge is 2.43. The Morgan fingerprint density at radius 2 is 2.24 bits per heavy atom. The summed E-state index contributed by atoms with van der Waals surface area (Å²) >= 11 is 1.54. The van der Waals surface area contributed by atoms with Crippen LogP contribution in [0.15, 0.2) is 23.2 Å². The smallest absolute Gasteiger partial charge is 0.413 e. The lowest BCUT2D eigenvalue weighted by Crippen LogP contribution is -2.42. The van der Waals surface area contributed by atoms with Gasteiger partial charge in [-0.3, -0.25) is 10.3 Å². The number of aliphatic imine (C=N–C) groups is 1. The van der Waals surface area contributed by atoms with Crippen molar-refractivity contribution in [3.05, 3.63) is 23.8 Å². The van der Waals surface area contributed by atoms with E-state index in [-0.39, 0.29) is 0 Å². The molecule has 0 fully saturated rings. The maximum Gasteiger partial charge on any atom is 0.413 e. The number of rotatable bonds is 0. The quantitative estimate of drug-likeness (QED) is 0.689. The number of alkyl carbamates (subject to hydrolysis) is 1. The van der Waals surface area contributed by atoms with E-state index in [1.54, 1.807) is 11.8 Å². The molecular formula is C18H25N3O3S. The monoisotopic (exact) mass is 363 g/mol. The number of nitrogens with zero attached hydrogens (tertiary/aromatic N) is 1. The number of benzene rings is 1. The summed E-state index contributed by atoms with van der Waals surface area (Å²) in [6, 6.07) is 5.67. The summed E-state index contributed by atoms with van der Waals surface area (Å²) < 4.78 is 11.2. The van der Waals surface area contributed by atoms with Gasteiger partial charge >= 0.3 is 6.09 Å². The minimum Gasteiger partial charge on any atom is -0.493 e. The molecule has 0 spiro atoms. The summed E-state index contributed by atoms with van der Waals surface area (Å²) in [6.45, 7) is 8.24. The lowest BCUT2D eigenvalue weighted by atomic mass is 9.79. The molecule has 136 valence electrons. The molecule has 0 aromatic heterocycles. The fraction of sp³-hybridized carbons (Fsp3) is 0.556. The summed E-state index contributed by atoms with van der Waals surface area (Å²) in [5, 5.41) is 3.35. The lowest BCUT2D eigenvalue weighted by Gasteiger charge is -2.37. The van der Waals surface area contributed by atoms with Crippen LogP contribution in [-0.2, 0) is 10.3 Å². The van der Waals surface area contributed by atoms with Gasteiger partial charge < -0.3 is 15.2 Å². The number of ether oxygens (including phenoxy) is 2. The van der Waals surface area contributed by atoms with Gasteiger partial charge in [-0.25, -0.2) is 4.79 Å². The second kappa shape index (κ2) is 6.44. The van der Waals surface area contributed by atoms with Gasteiger partial charge in [0.2, 0.25) is 0 Å². The van der Waals surface area contributed by atoms with Crippen LogP contribution in [0.2, 0.25) is 0 Å². The van der Waals surface area contributed by atoms with Gasteiger partial charge in [0.05, 0.1) is 12.1 Å². The molecule has 1 aromatic rings. The minimum absolute atomic E-state index is 0.310. The Morgan fingerprint density at radius 1 is 1.48 bits per heavy atom. The highest BCUT2D eigenvalue weighted by molar-refractivity contribution is 8.13. The summed E-state index contributed by atoms with van der Waals surface area (Å²) in [7, 11) is 0. The molecule has 2 aliphatic heterocycles. The maximum atomic E-state index is 12.1. The number of amidine groups is 1. The van der Waals surface area contributed by atoms with E-state index in [4.69, 9.17) is 20.2 Å². The molecule has 1 aromatic carbocycles. The van der Waals surface area contributed by atoms with E-state index in [0.29, 0.717) is 23.4 Å².